The molecule has 0 spiro atoms. The third-order valence-corrected chi connectivity index (χ3v) is 7.46. The van der Waals surface area contributed by atoms with Crippen LogP contribution in [0.1, 0.15) is 74.2 Å². The predicted molar refractivity (Wildman–Crippen MR) is 182 cm³/mol. The number of nitrogens with zero attached hydrogens (tertiary/aromatic N) is 1. The fraction of sp³-hybridized carbons (Fsp3) is 0.471. The Hall–Kier alpha value is -4.78. The summed E-state index contributed by atoms with van der Waals surface area (Å²) in [6.07, 6.45) is 4.82. The summed E-state index contributed by atoms with van der Waals surface area (Å²) in [5, 5.41) is 11.1. The maximum atomic E-state index is 13.8. The van der Waals surface area contributed by atoms with E-state index in [1.807, 2.05) is 37.3 Å². The Morgan fingerprint density at radius 2 is 1.30 bits per heavy atom. The number of hydrogen-bond acceptors (Lipinski definition) is 7. The third-order valence-electron chi connectivity index (χ3n) is 7.46. The van der Waals surface area contributed by atoms with E-state index in [0.29, 0.717) is 63.5 Å². The summed E-state index contributed by atoms with van der Waals surface area (Å²) in [5.74, 6) is -2.07. The van der Waals surface area contributed by atoms with Crippen molar-refractivity contribution in [3.05, 3.63) is 71.8 Å². The fourth-order valence-electron chi connectivity index (χ4n) is 4.85. The molecule has 0 heterocycles. The Labute approximate surface area is 276 Å². The number of aldehydes is 1. The first-order chi connectivity index (χ1) is 22.7. The molecule has 256 valence electrons. The van der Waals surface area contributed by atoms with Crippen molar-refractivity contribution in [3.8, 4) is 0 Å². The van der Waals surface area contributed by atoms with Crippen molar-refractivity contribution < 1.29 is 24.0 Å². The van der Waals surface area contributed by atoms with Crippen molar-refractivity contribution in [1.82, 2.24) is 21.3 Å². The number of unbranched alkanes of at least 4 members (excludes halogenated alkanes) is 2. The first-order valence-electron chi connectivity index (χ1n) is 16.2. The van der Waals surface area contributed by atoms with Gasteiger partial charge < -0.3 is 43.3 Å². The van der Waals surface area contributed by atoms with Crippen LogP contribution in [0.25, 0.3) is 0 Å². The predicted octanol–water partition coefficient (Wildman–Crippen LogP) is 1.05. The van der Waals surface area contributed by atoms with Gasteiger partial charge in [0, 0.05) is 18.5 Å². The lowest BCUT2D eigenvalue weighted by Gasteiger charge is -2.26. The lowest BCUT2D eigenvalue weighted by Crippen LogP contribution is -2.57. The molecule has 4 amide bonds. The Kier molecular flexibility index (Phi) is 17.9. The number of guanidine groups is 1. The number of rotatable bonds is 22. The lowest BCUT2D eigenvalue weighted by molar-refractivity contribution is -0.133. The monoisotopic (exact) mass is 650 g/mol. The van der Waals surface area contributed by atoms with E-state index in [4.69, 9.17) is 17.2 Å². The quantitative estimate of drug-likeness (QED) is 0.0421. The highest BCUT2D eigenvalue weighted by Crippen LogP contribution is 2.10. The third kappa shape index (κ3) is 14.9. The molecule has 13 nitrogen and oxygen atoms in total. The van der Waals surface area contributed by atoms with Gasteiger partial charge >= 0.3 is 0 Å². The van der Waals surface area contributed by atoms with E-state index in [2.05, 4.69) is 26.3 Å². The maximum absolute atomic E-state index is 13.8. The summed E-state index contributed by atoms with van der Waals surface area (Å²) in [5.41, 5.74) is 17.6. The molecule has 2 rings (SSSR count). The average Bonchev–Trinajstić information content (AvgIpc) is 3.07. The average molecular weight is 651 g/mol. The van der Waals surface area contributed by atoms with Crippen LogP contribution in [0.4, 0.5) is 0 Å². The molecule has 0 unspecified atom stereocenters. The molecule has 13 heteroatoms. The van der Waals surface area contributed by atoms with E-state index in [0.717, 1.165) is 12.0 Å². The minimum Gasteiger partial charge on any atom is -0.370 e. The second-order valence-electron chi connectivity index (χ2n) is 11.3. The Balaban J connectivity index is 2.23. The molecule has 4 atom stereocenters. The standard InChI is InChI=1S/C34H50N8O5/c1-2-3-18-27(40-30(44)25-15-8-5-9-16-25)31(45)41-28(19-10-11-20-35)32(46)42-29(22-24-13-6-4-7-14-24)33(47)39-26(23-43)17-12-21-38-34(36)37/h4-9,13-16,23,26-29H,2-3,10-12,17-22,35H2,1H3,(H,39,47)(H,40,44)(H,41,45)(H,42,46)(H4,36,37,38)/t26-,27-,28-,29-/m0/s1. The van der Waals surface area contributed by atoms with Crippen LogP contribution >= 0.6 is 0 Å². The number of amides is 4. The highest BCUT2D eigenvalue weighted by Gasteiger charge is 2.30. The minimum atomic E-state index is -1.05. The zero-order chi connectivity index (χ0) is 34.4. The molecule has 10 N–H and O–H groups in total. The molecule has 0 aliphatic heterocycles. The number of carbonyl (C=O) groups excluding carboxylic acids is 5. The van der Waals surface area contributed by atoms with E-state index >= 15 is 0 Å². The number of aliphatic imine (C=N–C) groups is 1. The molecule has 2 aromatic carbocycles. The van der Waals surface area contributed by atoms with Gasteiger partial charge in [-0.25, -0.2) is 0 Å². The highest BCUT2D eigenvalue weighted by atomic mass is 16.2. The zero-order valence-electron chi connectivity index (χ0n) is 27.2. The van der Waals surface area contributed by atoms with Gasteiger partial charge in [0.25, 0.3) is 5.91 Å². The van der Waals surface area contributed by atoms with Crippen LogP contribution in [0.5, 0.6) is 0 Å². The second-order valence-corrected chi connectivity index (χ2v) is 11.3. The van der Waals surface area contributed by atoms with Crippen LogP contribution in [0.3, 0.4) is 0 Å². The minimum absolute atomic E-state index is 0.0642. The highest BCUT2D eigenvalue weighted by molar-refractivity contribution is 5.98. The van der Waals surface area contributed by atoms with Gasteiger partial charge in [0.1, 0.15) is 24.4 Å². The number of nitrogens with two attached hydrogens (primary N) is 3. The van der Waals surface area contributed by atoms with E-state index in [-0.39, 0.29) is 18.8 Å². The molecule has 47 heavy (non-hydrogen) atoms. The Morgan fingerprint density at radius 1 is 0.723 bits per heavy atom. The van der Waals surface area contributed by atoms with Crippen molar-refractivity contribution in [2.24, 2.45) is 22.2 Å². The first kappa shape index (κ1) is 38.4. The van der Waals surface area contributed by atoms with Gasteiger partial charge in [0.05, 0.1) is 6.04 Å². The molecule has 0 saturated carbocycles. The van der Waals surface area contributed by atoms with Gasteiger partial charge in [-0.05, 0) is 62.8 Å². The van der Waals surface area contributed by atoms with Crippen LogP contribution in [-0.2, 0) is 25.6 Å². The van der Waals surface area contributed by atoms with Gasteiger partial charge in [0.15, 0.2) is 5.96 Å². The molecule has 0 aliphatic rings. The van der Waals surface area contributed by atoms with Crippen LogP contribution in [0.2, 0.25) is 0 Å². The number of benzene rings is 2. The topological polar surface area (TPSA) is 224 Å². The van der Waals surface area contributed by atoms with Crippen molar-refractivity contribution in [2.75, 3.05) is 13.1 Å². The summed E-state index contributed by atoms with van der Waals surface area (Å²) >= 11 is 0. The van der Waals surface area contributed by atoms with Gasteiger partial charge in [-0.3, -0.25) is 24.2 Å². The molecular formula is C34H50N8O5. The Morgan fingerprint density at radius 3 is 1.89 bits per heavy atom. The van der Waals surface area contributed by atoms with Gasteiger partial charge in [-0.2, -0.15) is 0 Å². The molecule has 0 aliphatic carbocycles. The van der Waals surface area contributed by atoms with Gasteiger partial charge in [0.2, 0.25) is 17.7 Å². The molecule has 2 aromatic rings. The van der Waals surface area contributed by atoms with E-state index in [1.54, 1.807) is 30.3 Å². The van der Waals surface area contributed by atoms with E-state index in [9.17, 15) is 24.0 Å². The van der Waals surface area contributed by atoms with Crippen LogP contribution in [0, 0.1) is 0 Å². The normalized spacial score (nSPS) is 13.2. The summed E-state index contributed by atoms with van der Waals surface area (Å²) in [6, 6.07) is 14.0. The van der Waals surface area contributed by atoms with Crippen LogP contribution in [-0.4, -0.2) is 73.1 Å². The molecule has 0 bridgehead atoms. The largest absolute Gasteiger partial charge is 0.370 e. The SMILES string of the molecule is CCCC[C@H](NC(=O)c1ccccc1)C(=O)N[C@@H](CCCCN)C(=O)N[C@@H](Cc1ccccc1)C(=O)N[C@H](C=O)CCCN=C(N)N. The van der Waals surface area contributed by atoms with E-state index in [1.165, 1.54) is 0 Å². The fourth-order valence-corrected chi connectivity index (χ4v) is 4.85. The zero-order valence-corrected chi connectivity index (χ0v) is 27.2. The molecule has 0 radical (unpaired) electrons. The van der Waals surface area contributed by atoms with Gasteiger partial charge in [-0.1, -0.05) is 68.3 Å². The van der Waals surface area contributed by atoms with Crippen molar-refractivity contribution >= 4 is 35.9 Å². The lowest BCUT2D eigenvalue weighted by atomic mass is 10.0. The van der Waals surface area contributed by atoms with Crippen molar-refractivity contribution in [2.45, 2.75) is 88.9 Å². The van der Waals surface area contributed by atoms with Crippen LogP contribution in [0.15, 0.2) is 65.7 Å². The first-order valence-corrected chi connectivity index (χ1v) is 16.2. The second kappa shape index (κ2) is 21.9. The summed E-state index contributed by atoms with van der Waals surface area (Å²) in [6.45, 7) is 2.68. The number of hydrogen-bond donors (Lipinski definition) is 7. The summed E-state index contributed by atoms with van der Waals surface area (Å²) in [7, 11) is 0. The molecular weight excluding hydrogens is 600 g/mol. The summed E-state index contributed by atoms with van der Waals surface area (Å²) in [4.78, 5) is 69.4. The Bertz CT molecular complexity index is 1290. The molecule has 0 aromatic heterocycles. The summed E-state index contributed by atoms with van der Waals surface area (Å²) < 4.78 is 0. The van der Waals surface area contributed by atoms with Gasteiger partial charge in [-0.15, -0.1) is 0 Å². The maximum Gasteiger partial charge on any atom is 0.251 e. The molecule has 0 fully saturated rings. The van der Waals surface area contributed by atoms with E-state index < -0.39 is 47.8 Å². The number of carbonyl (C=O) groups is 5. The number of nitrogens with one attached hydrogen (secondary N) is 4. The smallest absolute Gasteiger partial charge is 0.251 e. The van der Waals surface area contributed by atoms with Crippen molar-refractivity contribution in [3.63, 3.8) is 0 Å². The van der Waals surface area contributed by atoms with Crippen molar-refractivity contribution in [1.29, 1.82) is 0 Å². The molecule has 0 saturated heterocycles. The van der Waals surface area contributed by atoms with Crippen LogP contribution < -0.4 is 38.5 Å².